The van der Waals surface area contributed by atoms with Crippen molar-refractivity contribution in [2.45, 2.75) is 156 Å². The number of hydrogen-bond acceptors (Lipinski definition) is 16. The number of nitrogens with zero attached hydrogens (tertiary/aromatic N) is 3. The second-order valence-corrected chi connectivity index (χ2v) is 17.3. The molecule has 2 amide bonds. The molecule has 2 saturated heterocycles. The van der Waals surface area contributed by atoms with Gasteiger partial charge in [0, 0.05) is 39.8 Å². The van der Waals surface area contributed by atoms with Crippen molar-refractivity contribution in [3.8, 4) is 11.5 Å². The summed E-state index contributed by atoms with van der Waals surface area (Å²) in [5, 5.41) is 10.8. The third-order valence-electron chi connectivity index (χ3n) is 11.9. The first-order chi connectivity index (χ1) is 31.4. The van der Waals surface area contributed by atoms with Crippen LogP contribution in [0.5, 0.6) is 11.5 Å². The molecular weight excluding hydrogens is 857 g/mol. The molecule has 6 atom stereocenters. The van der Waals surface area contributed by atoms with Gasteiger partial charge in [-0.1, -0.05) is 30.2 Å². The Bertz CT molecular complexity index is 2320. The van der Waals surface area contributed by atoms with E-state index < -0.39 is 60.2 Å². The maximum absolute atomic E-state index is 12.1. The molecule has 0 radical (unpaired) electrons. The topological polar surface area (TPSA) is 219 Å². The van der Waals surface area contributed by atoms with Crippen LogP contribution < -0.4 is 14.8 Å². The molecule has 1 aromatic heterocycles. The Hall–Kier alpha value is -6.14. The van der Waals surface area contributed by atoms with Crippen molar-refractivity contribution in [2.75, 3.05) is 13.2 Å². The number of rotatable bonds is 19. The van der Waals surface area contributed by atoms with Crippen LogP contribution in [0.3, 0.4) is 0 Å². The number of amides is 2. The minimum Gasteiger partial charge on any atom is -0.489 e. The van der Waals surface area contributed by atoms with Crippen LogP contribution >= 0.6 is 0 Å². The number of unbranched alkanes of at least 4 members (excludes halogenated alkanes) is 3. The highest BCUT2D eigenvalue weighted by Gasteiger charge is 2.53. The zero-order chi connectivity index (χ0) is 47.7. The van der Waals surface area contributed by atoms with E-state index in [0.717, 1.165) is 82.6 Å². The SMILES string of the molecule is CC(=O)OC[C@H]1O[C@@H](OCc2cn(CCCCCCc3c(C)c(C)c4c(c3C)CCC(C)(COc3ccc(/C=C5\CC(=O)NC5=O)cc3)O4)nn2)[C@H](OC(C)=O)[C@@H](OC(C)=O)[C@@H]1OC(C)=O. The van der Waals surface area contributed by atoms with Gasteiger partial charge >= 0.3 is 23.9 Å². The van der Waals surface area contributed by atoms with Crippen molar-refractivity contribution in [1.29, 1.82) is 0 Å². The number of imide groups is 1. The second kappa shape index (κ2) is 21.9. The average Bonchev–Trinajstić information content (AvgIpc) is 3.85. The molecule has 3 aliphatic rings. The highest BCUT2D eigenvalue weighted by molar-refractivity contribution is 6.15. The van der Waals surface area contributed by atoms with Gasteiger partial charge in [0.1, 0.15) is 42.1 Å². The molecule has 1 N–H and O–H groups in total. The van der Waals surface area contributed by atoms with Crippen LogP contribution in [-0.4, -0.2) is 100 Å². The largest absolute Gasteiger partial charge is 0.489 e. The quantitative estimate of drug-likeness (QED) is 0.0537. The first-order valence-electron chi connectivity index (χ1n) is 22.3. The number of nitrogens with one attached hydrogen (secondary N) is 1. The smallest absolute Gasteiger partial charge is 0.303 e. The molecule has 0 bridgehead atoms. The molecule has 18 nitrogen and oxygen atoms in total. The van der Waals surface area contributed by atoms with Gasteiger partial charge in [-0.3, -0.25) is 38.8 Å². The highest BCUT2D eigenvalue weighted by Crippen LogP contribution is 2.42. The Balaban J connectivity index is 0.973. The predicted octanol–water partition coefficient (Wildman–Crippen LogP) is 5.20. The van der Waals surface area contributed by atoms with Gasteiger partial charge in [-0.05, 0) is 111 Å². The first kappa shape index (κ1) is 49.3. The van der Waals surface area contributed by atoms with Gasteiger partial charge in [0.15, 0.2) is 24.6 Å². The van der Waals surface area contributed by atoms with Gasteiger partial charge in [-0.2, -0.15) is 0 Å². The zero-order valence-electron chi connectivity index (χ0n) is 38.9. The number of benzene rings is 2. The summed E-state index contributed by atoms with van der Waals surface area (Å²) >= 11 is 0. The highest BCUT2D eigenvalue weighted by atomic mass is 16.7. The van der Waals surface area contributed by atoms with E-state index in [0.29, 0.717) is 30.2 Å². The Morgan fingerprint density at radius 2 is 1.55 bits per heavy atom. The second-order valence-electron chi connectivity index (χ2n) is 17.3. The number of aromatic nitrogens is 3. The lowest BCUT2D eigenvalue weighted by molar-refractivity contribution is -0.310. The van der Waals surface area contributed by atoms with Crippen LogP contribution in [0.4, 0.5) is 0 Å². The van der Waals surface area contributed by atoms with Crippen LogP contribution in [0, 0.1) is 20.8 Å². The van der Waals surface area contributed by atoms with Gasteiger partial charge in [-0.15, -0.1) is 5.10 Å². The number of fused-ring (bicyclic) bond motifs is 1. The number of esters is 4. The molecule has 3 aliphatic heterocycles. The molecule has 0 saturated carbocycles. The summed E-state index contributed by atoms with van der Waals surface area (Å²) < 4.78 is 48.2. The van der Waals surface area contributed by atoms with E-state index in [4.69, 9.17) is 37.9 Å². The lowest BCUT2D eigenvalue weighted by Gasteiger charge is -2.43. The van der Waals surface area contributed by atoms with Crippen LogP contribution in [0.2, 0.25) is 0 Å². The Morgan fingerprint density at radius 1 is 0.864 bits per heavy atom. The van der Waals surface area contributed by atoms with E-state index in [1.807, 2.05) is 24.3 Å². The number of carbonyl (C=O) groups excluding carboxylic acids is 6. The normalized spacial score (nSPS) is 23.1. The fourth-order valence-corrected chi connectivity index (χ4v) is 8.51. The van der Waals surface area contributed by atoms with Crippen LogP contribution in [0.15, 0.2) is 36.0 Å². The molecule has 6 rings (SSSR count). The van der Waals surface area contributed by atoms with Gasteiger partial charge < -0.3 is 37.9 Å². The van der Waals surface area contributed by atoms with Crippen molar-refractivity contribution in [3.05, 3.63) is 75.1 Å². The molecule has 4 heterocycles. The summed E-state index contributed by atoms with van der Waals surface area (Å²) in [5.74, 6) is -1.79. The molecule has 0 spiro atoms. The summed E-state index contributed by atoms with van der Waals surface area (Å²) in [6.45, 7) is 13.8. The van der Waals surface area contributed by atoms with E-state index in [1.165, 1.54) is 29.2 Å². The standard InChI is InChI=1S/C48H60N4O14/c1-27-28(2)42-39(18-19-48(8,66-42)26-61-37-16-14-34(15-17-37)21-35-22-41(57)49-46(35)58)29(3)38(27)13-11-9-10-12-20-52-23-36(50-51-52)24-60-47-45(64-33(7)56)44(63-32(6)55)43(62-31(5)54)40(65-47)25-59-30(4)53/h14-17,21,23,40,43-45,47H,9-13,18-20,22,24-26H2,1-8H3,(H,49,57,58)/b35-21+/t40-,43-,44+,45-,47-,48?/m1/s1. The third-order valence-corrected chi connectivity index (χ3v) is 11.9. The summed E-state index contributed by atoms with van der Waals surface area (Å²) in [5.41, 5.74) is 7.55. The minimum atomic E-state index is -1.33. The molecular formula is C48H60N4O14. The van der Waals surface area contributed by atoms with Gasteiger partial charge in [-0.25, -0.2) is 0 Å². The summed E-state index contributed by atoms with van der Waals surface area (Å²) in [6, 6.07) is 7.45. The van der Waals surface area contributed by atoms with Gasteiger partial charge in [0.2, 0.25) is 5.91 Å². The fourth-order valence-electron chi connectivity index (χ4n) is 8.51. The lowest BCUT2D eigenvalue weighted by Crippen LogP contribution is -2.62. The molecule has 3 aromatic rings. The number of hydrogen-bond donors (Lipinski definition) is 1. The molecule has 18 heteroatoms. The minimum absolute atomic E-state index is 0.0883. The summed E-state index contributed by atoms with van der Waals surface area (Å²) in [7, 11) is 0. The van der Waals surface area contributed by atoms with E-state index in [-0.39, 0.29) is 31.4 Å². The molecule has 66 heavy (non-hydrogen) atoms. The van der Waals surface area contributed by atoms with Crippen molar-refractivity contribution < 1.29 is 66.7 Å². The van der Waals surface area contributed by atoms with Crippen LogP contribution in [0.25, 0.3) is 6.08 Å². The summed E-state index contributed by atoms with van der Waals surface area (Å²) in [4.78, 5) is 71.4. The van der Waals surface area contributed by atoms with E-state index in [2.05, 4.69) is 43.3 Å². The van der Waals surface area contributed by atoms with Crippen LogP contribution in [0.1, 0.15) is 112 Å². The number of aryl methyl sites for hydroxylation is 1. The molecule has 1 unspecified atom stereocenters. The van der Waals surface area contributed by atoms with Crippen molar-refractivity contribution in [1.82, 2.24) is 20.3 Å². The maximum atomic E-state index is 12.1. The first-order valence-corrected chi connectivity index (χ1v) is 22.3. The van der Waals surface area contributed by atoms with Crippen molar-refractivity contribution in [2.24, 2.45) is 0 Å². The zero-order valence-corrected chi connectivity index (χ0v) is 38.9. The van der Waals surface area contributed by atoms with Gasteiger partial charge in [0.25, 0.3) is 5.91 Å². The number of ether oxygens (including phenoxy) is 8. The average molecular weight is 917 g/mol. The van der Waals surface area contributed by atoms with Crippen molar-refractivity contribution >= 4 is 41.8 Å². The Morgan fingerprint density at radius 3 is 2.21 bits per heavy atom. The van der Waals surface area contributed by atoms with E-state index in [1.54, 1.807) is 17.0 Å². The molecule has 2 fully saturated rings. The lowest BCUT2D eigenvalue weighted by atomic mass is 9.84. The fraction of sp³-hybridized carbons (Fsp3) is 0.542. The van der Waals surface area contributed by atoms with Crippen molar-refractivity contribution in [3.63, 3.8) is 0 Å². The van der Waals surface area contributed by atoms with Crippen LogP contribution in [-0.2, 0) is 83.2 Å². The monoisotopic (exact) mass is 916 g/mol. The summed E-state index contributed by atoms with van der Waals surface area (Å²) in [6.07, 6.45) is 3.74. The van der Waals surface area contributed by atoms with E-state index in [9.17, 15) is 28.8 Å². The van der Waals surface area contributed by atoms with E-state index >= 15 is 0 Å². The Kier molecular flexibility index (Phi) is 16.4. The third kappa shape index (κ3) is 12.8. The van der Waals surface area contributed by atoms with Gasteiger partial charge in [0.05, 0.1) is 19.2 Å². The Labute approximate surface area is 383 Å². The predicted molar refractivity (Wildman–Crippen MR) is 235 cm³/mol. The maximum Gasteiger partial charge on any atom is 0.303 e. The molecule has 356 valence electrons. The number of carbonyl (C=O) groups is 6. The molecule has 0 aliphatic carbocycles. The molecule has 2 aromatic carbocycles.